The number of thiazole rings is 1. The predicted octanol–water partition coefficient (Wildman–Crippen LogP) is 3.12. The van der Waals surface area contributed by atoms with Crippen LogP contribution in [0.4, 0.5) is 23.1 Å². The Balaban J connectivity index is 1.45. The van der Waals surface area contributed by atoms with E-state index in [1.165, 1.54) is 12.1 Å². The van der Waals surface area contributed by atoms with Gasteiger partial charge in [-0.05, 0) is 17.7 Å². The number of anilines is 1. The van der Waals surface area contributed by atoms with E-state index in [4.69, 9.17) is 4.74 Å². The fourth-order valence-corrected chi connectivity index (χ4v) is 3.37. The van der Waals surface area contributed by atoms with Crippen LogP contribution in [0.2, 0.25) is 0 Å². The van der Waals surface area contributed by atoms with Crippen LogP contribution < -0.4 is 15.0 Å². The van der Waals surface area contributed by atoms with Crippen molar-refractivity contribution in [3.8, 4) is 5.75 Å². The Bertz CT molecular complexity index is 747. The van der Waals surface area contributed by atoms with Gasteiger partial charge in [-0.15, -0.1) is 11.3 Å². The van der Waals surface area contributed by atoms with Gasteiger partial charge in [-0.2, -0.15) is 13.2 Å². The lowest BCUT2D eigenvalue weighted by molar-refractivity contribution is -0.153. The van der Waals surface area contributed by atoms with Crippen LogP contribution in [0.3, 0.4) is 0 Å². The second-order valence-corrected chi connectivity index (χ2v) is 6.87. The molecule has 0 radical (unpaired) electrons. The molecule has 1 aromatic carbocycles. The molecule has 1 aliphatic rings. The van der Waals surface area contributed by atoms with Gasteiger partial charge in [-0.1, -0.05) is 12.1 Å². The molecular formula is C17H19F3N4O2S. The van der Waals surface area contributed by atoms with Crippen molar-refractivity contribution in [2.75, 3.05) is 37.7 Å². The topological polar surface area (TPSA) is 57.7 Å². The number of benzene rings is 1. The molecule has 0 spiro atoms. The summed E-state index contributed by atoms with van der Waals surface area (Å²) in [6, 6.07) is 6.07. The fraction of sp³-hybridized carbons (Fsp3) is 0.412. The summed E-state index contributed by atoms with van der Waals surface area (Å²) in [6.07, 6.45) is -2.63. The minimum atomic E-state index is -4.38. The summed E-state index contributed by atoms with van der Waals surface area (Å²) in [5.74, 6) is 0.121. The zero-order chi connectivity index (χ0) is 19.3. The number of rotatable bonds is 5. The Kier molecular flexibility index (Phi) is 6.04. The highest BCUT2D eigenvalue weighted by Gasteiger charge is 2.28. The fourth-order valence-electron chi connectivity index (χ4n) is 2.67. The Morgan fingerprint density at radius 2 is 2.04 bits per heavy atom. The van der Waals surface area contributed by atoms with Crippen molar-refractivity contribution in [2.45, 2.75) is 12.7 Å². The highest BCUT2D eigenvalue weighted by atomic mass is 32.1. The van der Waals surface area contributed by atoms with Gasteiger partial charge in [0.1, 0.15) is 5.75 Å². The summed E-state index contributed by atoms with van der Waals surface area (Å²) in [7, 11) is 0. The second kappa shape index (κ2) is 8.47. The average Bonchev–Trinajstić information content (AvgIpc) is 3.19. The van der Waals surface area contributed by atoms with E-state index in [2.05, 4.69) is 15.2 Å². The number of hydrogen-bond acceptors (Lipinski definition) is 5. The molecule has 27 heavy (non-hydrogen) atoms. The molecule has 2 heterocycles. The molecule has 0 saturated carbocycles. The lowest BCUT2D eigenvalue weighted by atomic mass is 10.2. The van der Waals surface area contributed by atoms with Crippen LogP contribution >= 0.6 is 11.3 Å². The summed E-state index contributed by atoms with van der Waals surface area (Å²) < 4.78 is 41.4. The molecule has 0 aliphatic carbocycles. The van der Waals surface area contributed by atoms with Crippen LogP contribution in [0, 0.1) is 0 Å². The van der Waals surface area contributed by atoms with Crippen molar-refractivity contribution >= 4 is 22.5 Å². The van der Waals surface area contributed by atoms with Gasteiger partial charge >= 0.3 is 12.2 Å². The maximum absolute atomic E-state index is 12.3. The van der Waals surface area contributed by atoms with E-state index in [0.717, 1.165) is 5.13 Å². The standard InChI is InChI=1S/C17H19F3N4O2S/c18-17(19,20)12-26-14-3-1-2-13(10-14)11-22-15(25)23-5-7-24(8-6-23)16-21-4-9-27-16/h1-4,9-10H,5-8,11-12H2,(H,22,25). The van der Waals surface area contributed by atoms with E-state index in [9.17, 15) is 18.0 Å². The summed E-state index contributed by atoms with van der Waals surface area (Å²) in [5, 5.41) is 5.66. The molecule has 2 aromatic rings. The smallest absolute Gasteiger partial charge is 0.422 e. The van der Waals surface area contributed by atoms with E-state index in [-0.39, 0.29) is 18.3 Å². The van der Waals surface area contributed by atoms with Crippen molar-refractivity contribution in [2.24, 2.45) is 0 Å². The lowest BCUT2D eigenvalue weighted by Crippen LogP contribution is -2.51. The van der Waals surface area contributed by atoms with E-state index in [1.807, 2.05) is 5.38 Å². The number of ether oxygens (including phenoxy) is 1. The van der Waals surface area contributed by atoms with E-state index in [1.54, 1.807) is 34.6 Å². The van der Waals surface area contributed by atoms with E-state index in [0.29, 0.717) is 31.7 Å². The monoisotopic (exact) mass is 400 g/mol. The van der Waals surface area contributed by atoms with Crippen LogP contribution in [0.1, 0.15) is 5.56 Å². The van der Waals surface area contributed by atoms with Crippen molar-refractivity contribution in [1.82, 2.24) is 15.2 Å². The van der Waals surface area contributed by atoms with Crippen LogP contribution in [0.25, 0.3) is 0 Å². The third kappa shape index (κ3) is 5.75. The molecule has 1 aromatic heterocycles. The molecule has 0 atom stereocenters. The SMILES string of the molecule is O=C(NCc1cccc(OCC(F)(F)F)c1)N1CCN(c2nccs2)CC1. The zero-order valence-corrected chi connectivity index (χ0v) is 15.2. The zero-order valence-electron chi connectivity index (χ0n) is 14.4. The first-order valence-corrected chi connectivity index (χ1v) is 9.24. The molecule has 1 N–H and O–H groups in total. The van der Waals surface area contributed by atoms with Gasteiger partial charge in [0.05, 0.1) is 0 Å². The number of alkyl halides is 3. The number of carbonyl (C=O) groups excluding carboxylic acids is 1. The van der Waals surface area contributed by atoms with Crippen LogP contribution in [-0.2, 0) is 6.54 Å². The molecule has 3 rings (SSSR count). The highest BCUT2D eigenvalue weighted by Crippen LogP contribution is 2.20. The van der Waals surface area contributed by atoms with Crippen molar-refractivity contribution in [1.29, 1.82) is 0 Å². The van der Waals surface area contributed by atoms with Crippen LogP contribution in [0.5, 0.6) is 5.75 Å². The number of nitrogens with one attached hydrogen (secondary N) is 1. The maximum atomic E-state index is 12.3. The largest absolute Gasteiger partial charge is 0.484 e. The number of nitrogens with zero attached hydrogens (tertiary/aromatic N) is 3. The van der Waals surface area contributed by atoms with Crippen molar-refractivity contribution < 1.29 is 22.7 Å². The van der Waals surface area contributed by atoms with Crippen molar-refractivity contribution in [3.63, 3.8) is 0 Å². The van der Waals surface area contributed by atoms with Crippen LogP contribution in [0.15, 0.2) is 35.8 Å². The first-order chi connectivity index (χ1) is 12.9. The van der Waals surface area contributed by atoms with Gasteiger partial charge in [-0.3, -0.25) is 0 Å². The normalized spacial score (nSPS) is 14.9. The molecular weight excluding hydrogens is 381 g/mol. The van der Waals surface area contributed by atoms with Gasteiger partial charge in [0, 0.05) is 44.3 Å². The average molecular weight is 400 g/mol. The number of halogens is 3. The number of carbonyl (C=O) groups is 1. The summed E-state index contributed by atoms with van der Waals surface area (Å²) in [4.78, 5) is 20.4. The summed E-state index contributed by atoms with van der Waals surface area (Å²) in [6.45, 7) is 1.46. The predicted molar refractivity (Wildman–Crippen MR) is 96.1 cm³/mol. The first-order valence-electron chi connectivity index (χ1n) is 8.36. The molecule has 2 amide bonds. The summed E-state index contributed by atoms with van der Waals surface area (Å²) >= 11 is 1.57. The maximum Gasteiger partial charge on any atom is 0.422 e. The van der Waals surface area contributed by atoms with Gasteiger partial charge in [0.15, 0.2) is 11.7 Å². The van der Waals surface area contributed by atoms with Gasteiger partial charge in [0.25, 0.3) is 0 Å². The second-order valence-electron chi connectivity index (χ2n) is 6.00. The van der Waals surface area contributed by atoms with Gasteiger partial charge in [0.2, 0.25) is 0 Å². The molecule has 1 aliphatic heterocycles. The summed E-state index contributed by atoms with van der Waals surface area (Å²) in [5.41, 5.74) is 0.671. The molecule has 6 nitrogen and oxygen atoms in total. The number of hydrogen-bond donors (Lipinski definition) is 1. The molecule has 10 heteroatoms. The molecule has 0 bridgehead atoms. The Labute approximate surface area is 158 Å². The molecule has 1 saturated heterocycles. The van der Waals surface area contributed by atoms with Gasteiger partial charge in [-0.25, -0.2) is 9.78 Å². The van der Waals surface area contributed by atoms with Crippen molar-refractivity contribution in [3.05, 3.63) is 41.4 Å². The highest BCUT2D eigenvalue weighted by molar-refractivity contribution is 7.13. The number of aromatic nitrogens is 1. The molecule has 146 valence electrons. The first kappa shape index (κ1) is 19.3. The van der Waals surface area contributed by atoms with Crippen LogP contribution in [-0.4, -0.2) is 54.9 Å². The van der Waals surface area contributed by atoms with E-state index >= 15 is 0 Å². The number of amides is 2. The Morgan fingerprint density at radius 3 is 2.70 bits per heavy atom. The minimum Gasteiger partial charge on any atom is -0.484 e. The number of piperazine rings is 1. The minimum absolute atomic E-state index is 0.121. The Morgan fingerprint density at radius 1 is 1.26 bits per heavy atom. The third-order valence-electron chi connectivity index (χ3n) is 4.00. The van der Waals surface area contributed by atoms with E-state index < -0.39 is 12.8 Å². The number of urea groups is 1. The Hall–Kier alpha value is -2.49. The van der Waals surface area contributed by atoms with Gasteiger partial charge < -0.3 is 19.9 Å². The quantitative estimate of drug-likeness (QED) is 0.838. The molecule has 1 fully saturated rings. The third-order valence-corrected chi connectivity index (χ3v) is 4.83. The lowest BCUT2D eigenvalue weighted by Gasteiger charge is -2.34. The molecule has 0 unspecified atom stereocenters.